The molecule has 1 aromatic rings. The van der Waals surface area contributed by atoms with Gasteiger partial charge in [-0.2, -0.15) is 0 Å². The van der Waals surface area contributed by atoms with Gasteiger partial charge in [0, 0.05) is 38.4 Å². The molecule has 0 atom stereocenters. The van der Waals surface area contributed by atoms with E-state index in [2.05, 4.69) is 5.32 Å². The van der Waals surface area contributed by atoms with Gasteiger partial charge in [-0.15, -0.1) is 0 Å². The molecule has 23 heavy (non-hydrogen) atoms. The van der Waals surface area contributed by atoms with Crippen molar-refractivity contribution in [2.75, 3.05) is 33.0 Å². The van der Waals surface area contributed by atoms with Crippen molar-refractivity contribution in [3.8, 4) is 0 Å². The van der Waals surface area contributed by atoms with Gasteiger partial charge in [0.1, 0.15) is 0 Å². The van der Waals surface area contributed by atoms with Crippen molar-refractivity contribution in [1.82, 2.24) is 9.80 Å². The lowest BCUT2D eigenvalue weighted by Gasteiger charge is -2.31. The molecule has 2 rings (SSSR count). The molecule has 0 aromatic heterocycles. The predicted octanol–water partition coefficient (Wildman–Crippen LogP) is 2.59. The number of carbonyl (C=O) groups excluding carboxylic acids is 2. The summed E-state index contributed by atoms with van der Waals surface area (Å²) in [6.07, 6.45) is 5.92. The van der Waals surface area contributed by atoms with Gasteiger partial charge in [0.15, 0.2) is 0 Å². The molecule has 5 heteroatoms. The standard InChI is InChI=1S/C18H27N3O2/c1-20(2)18(23)14-8-7-9-15(12-14)19-13-17(22)21(3)16-10-5-4-6-11-16/h7-9,12,16,19H,4-6,10-11,13H2,1-3H3. The van der Waals surface area contributed by atoms with E-state index in [9.17, 15) is 9.59 Å². The molecule has 1 aliphatic rings. The zero-order chi connectivity index (χ0) is 16.8. The number of hydrogen-bond donors (Lipinski definition) is 1. The molecule has 1 aromatic carbocycles. The first kappa shape index (κ1) is 17.3. The van der Waals surface area contributed by atoms with E-state index in [1.807, 2.05) is 24.1 Å². The molecule has 0 radical (unpaired) electrons. The summed E-state index contributed by atoms with van der Waals surface area (Å²) in [6, 6.07) is 7.65. The number of likely N-dealkylation sites (N-methyl/N-ethyl adjacent to an activating group) is 1. The van der Waals surface area contributed by atoms with Crippen LogP contribution in [0.25, 0.3) is 0 Å². The van der Waals surface area contributed by atoms with Crippen LogP contribution in [0.4, 0.5) is 5.69 Å². The van der Waals surface area contributed by atoms with Crippen molar-refractivity contribution >= 4 is 17.5 Å². The maximum absolute atomic E-state index is 12.3. The SMILES string of the molecule is CN(C)C(=O)c1cccc(NCC(=O)N(C)C2CCCCC2)c1. The van der Waals surface area contributed by atoms with Crippen LogP contribution in [0.3, 0.4) is 0 Å². The molecule has 1 saturated carbocycles. The molecular weight excluding hydrogens is 290 g/mol. The van der Waals surface area contributed by atoms with Gasteiger partial charge in [0.05, 0.1) is 6.54 Å². The smallest absolute Gasteiger partial charge is 0.253 e. The van der Waals surface area contributed by atoms with Crippen molar-refractivity contribution in [3.63, 3.8) is 0 Å². The Morgan fingerprint density at radius 2 is 1.83 bits per heavy atom. The zero-order valence-electron chi connectivity index (χ0n) is 14.3. The van der Waals surface area contributed by atoms with Crippen molar-refractivity contribution < 1.29 is 9.59 Å². The van der Waals surface area contributed by atoms with E-state index in [1.54, 1.807) is 31.1 Å². The summed E-state index contributed by atoms with van der Waals surface area (Å²) in [4.78, 5) is 27.7. The fourth-order valence-electron chi connectivity index (χ4n) is 2.99. The molecule has 1 fully saturated rings. The predicted molar refractivity (Wildman–Crippen MR) is 92.6 cm³/mol. The molecule has 1 aliphatic carbocycles. The lowest BCUT2D eigenvalue weighted by molar-refractivity contribution is -0.130. The summed E-state index contributed by atoms with van der Waals surface area (Å²) in [5, 5.41) is 3.14. The maximum atomic E-state index is 12.3. The molecule has 0 aliphatic heterocycles. The quantitative estimate of drug-likeness (QED) is 0.908. The second-order valence-corrected chi connectivity index (χ2v) is 6.43. The Morgan fingerprint density at radius 1 is 1.13 bits per heavy atom. The van der Waals surface area contributed by atoms with Gasteiger partial charge in [-0.1, -0.05) is 25.3 Å². The molecule has 1 N–H and O–H groups in total. The van der Waals surface area contributed by atoms with E-state index < -0.39 is 0 Å². The molecule has 0 heterocycles. The highest BCUT2D eigenvalue weighted by Gasteiger charge is 2.21. The Labute approximate surface area is 138 Å². The van der Waals surface area contributed by atoms with Crippen molar-refractivity contribution in [2.24, 2.45) is 0 Å². The van der Waals surface area contributed by atoms with Gasteiger partial charge in [0.25, 0.3) is 5.91 Å². The molecule has 0 unspecified atom stereocenters. The third-order valence-electron chi connectivity index (χ3n) is 4.48. The highest BCUT2D eigenvalue weighted by Crippen LogP contribution is 2.21. The number of anilines is 1. The second-order valence-electron chi connectivity index (χ2n) is 6.43. The first-order chi connectivity index (χ1) is 11.0. The van der Waals surface area contributed by atoms with E-state index >= 15 is 0 Å². The first-order valence-electron chi connectivity index (χ1n) is 8.30. The minimum atomic E-state index is -0.0423. The molecule has 2 amide bonds. The van der Waals surface area contributed by atoms with Gasteiger partial charge < -0.3 is 15.1 Å². The molecule has 126 valence electrons. The first-order valence-corrected chi connectivity index (χ1v) is 8.30. The fraction of sp³-hybridized carbons (Fsp3) is 0.556. The van der Waals surface area contributed by atoms with Crippen molar-refractivity contribution in [2.45, 2.75) is 38.1 Å². The summed E-state index contributed by atoms with van der Waals surface area (Å²) >= 11 is 0. The number of carbonyl (C=O) groups is 2. The monoisotopic (exact) mass is 317 g/mol. The van der Waals surface area contributed by atoms with Gasteiger partial charge in [-0.3, -0.25) is 9.59 Å². The van der Waals surface area contributed by atoms with Gasteiger partial charge >= 0.3 is 0 Å². The van der Waals surface area contributed by atoms with E-state index in [-0.39, 0.29) is 18.4 Å². The van der Waals surface area contributed by atoms with Crippen molar-refractivity contribution in [1.29, 1.82) is 0 Å². The minimum absolute atomic E-state index is 0.0423. The van der Waals surface area contributed by atoms with Crippen LogP contribution < -0.4 is 5.32 Å². The van der Waals surface area contributed by atoms with Gasteiger partial charge in [-0.05, 0) is 31.0 Å². The molecule has 0 spiro atoms. The lowest BCUT2D eigenvalue weighted by Crippen LogP contribution is -2.41. The number of nitrogens with zero attached hydrogens (tertiary/aromatic N) is 2. The Morgan fingerprint density at radius 3 is 2.48 bits per heavy atom. The summed E-state index contributed by atoms with van der Waals surface area (Å²) in [6.45, 7) is 0.257. The third kappa shape index (κ3) is 4.71. The van der Waals surface area contributed by atoms with E-state index in [1.165, 1.54) is 19.3 Å². The molecular formula is C18H27N3O2. The highest BCUT2D eigenvalue weighted by molar-refractivity contribution is 5.95. The Kier molecular flexibility index (Phi) is 6.02. The molecule has 0 bridgehead atoms. The largest absolute Gasteiger partial charge is 0.376 e. The number of hydrogen-bond acceptors (Lipinski definition) is 3. The number of nitrogens with one attached hydrogen (secondary N) is 1. The summed E-state index contributed by atoms with van der Waals surface area (Å²) in [5.74, 6) is 0.0561. The normalized spacial score (nSPS) is 15.1. The van der Waals surface area contributed by atoms with E-state index in [0.29, 0.717) is 11.6 Å². The average Bonchev–Trinajstić information content (AvgIpc) is 2.59. The van der Waals surface area contributed by atoms with Crippen molar-refractivity contribution in [3.05, 3.63) is 29.8 Å². The van der Waals surface area contributed by atoms with Crippen LogP contribution in [0.5, 0.6) is 0 Å². The van der Waals surface area contributed by atoms with Crippen LogP contribution in [0.1, 0.15) is 42.5 Å². The van der Waals surface area contributed by atoms with Gasteiger partial charge in [0.2, 0.25) is 5.91 Å². The van der Waals surface area contributed by atoms with Crippen LogP contribution in [-0.2, 0) is 4.79 Å². The van der Waals surface area contributed by atoms with Crippen LogP contribution in [0, 0.1) is 0 Å². The van der Waals surface area contributed by atoms with Crippen LogP contribution in [0.2, 0.25) is 0 Å². The summed E-state index contributed by atoms with van der Waals surface area (Å²) in [7, 11) is 5.35. The number of rotatable bonds is 5. The highest BCUT2D eigenvalue weighted by atomic mass is 16.2. The average molecular weight is 317 g/mol. The van der Waals surface area contributed by atoms with Gasteiger partial charge in [-0.25, -0.2) is 0 Å². The zero-order valence-corrected chi connectivity index (χ0v) is 14.3. The summed E-state index contributed by atoms with van der Waals surface area (Å²) in [5.41, 5.74) is 1.41. The topological polar surface area (TPSA) is 52.7 Å². The molecule has 5 nitrogen and oxygen atoms in total. The number of benzene rings is 1. The maximum Gasteiger partial charge on any atom is 0.253 e. The Bertz CT molecular complexity index is 551. The van der Waals surface area contributed by atoms with E-state index in [4.69, 9.17) is 0 Å². The van der Waals surface area contributed by atoms with Crippen LogP contribution in [-0.4, -0.2) is 55.3 Å². The van der Waals surface area contributed by atoms with Crippen LogP contribution in [0.15, 0.2) is 24.3 Å². The van der Waals surface area contributed by atoms with E-state index in [0.717, 1.165) is 18.5 Å². The lowest BCUT2D eigenvalue weighted by atomic mass is 9.94. The second kappa shape index (κ2) is 7.99. The molecule has 0 saturated heterocycles. The summed E-state index contributed by atoms with van der Waals surface area (Å²) < 4.78 is 0. The Hall–Kier alpha value is -2.04. The minimum Gasteiger partial charge on any atom is -0.376 e. The fourth-order valence-corrected chi connectivity index (χ4v) is 2.99. The number of amides is 2. The van der Waals surface area contributed by atoms with Crippen LogP contribution >= 0.6 is 0 Å². The third-order valence-corrected chi connectivity index (χ3v) is 4.48. The Balaban J connectivity index is 1.91.